The lowest BCUT2D eigenvalue weighted by molar-refractivity contribution is 0.414. The Morgan fingerprint density at radius 2 is 1.96 bits per heavy atom. The zero-order valence-corrected chi connectivity index (χ0v) is 16.3. The molecule has 1 unspecified atom stereocenters. The summed E-state index contributed by atoms with van der Waals surface area (Å²) in [4.78, 5) is 16.7. The van der Waals surface area contributed by atoms with E-state index >= 15 is 0 Å². The fourth-order valence-corrected chi connectivity index (χ4v) is 5.49. The summed E-state index contributed by atoms with van der Waals surface area (Å²) < 4.78 is 0. The molecule has 4 heterocycles. The minimum absolute atomic E-state index is 0.530. The molecule has 140 valence electrons. The molecule has 2 N–H and O–H groups in total. The van der Waals surface area contributed by atoms with Gasteiger partial charge >= 0.3 is 0 Å². The highest BCUT2D eigenvalue weighted by atomic mass is 32.1. The predicted octanol–water partition coefficient (Wildman–Crippen LogP) is 4.19. The van der Waals surface area contributed by atoms with Gasteiger partial charge in [0.15, 0.2) is 5.82 Å². The molecule has 2 aliphatic rings. The van der Waals surface area contributed by atoms with Crippen LogP contribution in [0.1, 0.15) is 42.5 Å². The number of fused-ring (bicyclic) bond motifs is 3. The van der Waals surface area contributed by atoms with Crippen molar-refractivity contribution in [2.24, 2.45) is 0 Å². The van der Waals surface area contributed by atoms with E-state index in [0.29, 0.717) is 6.04 Å². The van der Waals surface area contributed by atoms with E-state index in [-0.39, 0.29) is 0 Å². The van der Waals surface area contributed by atoms with Gasteiger partial charge in [0.25, 0.3) is 0 Å². The van der Waals surface area contributed by atoms with Gasteiger partial charge in [-0.1, -0.05) is 6.42 Å². The lowest BCUT2D eigenvalue weighted by Gasteiger charge is -2.24. The highest BCUT2D eigenvalue weighted by molar-refractivity contribution is 7.19. The largest absolute Gasteiger partial charge is 0.368 e. The van der Waals surface area contributed by atoms with E-state index in [4.69, 9.17) is 9.97 Å². The van der Waals surface area contributed by atoms with Crippen LogP contribution in [-0.2, 0) is 12.8 Å². The average Bonchev–Trinajstić information content (AvgIpc) is 3.12. The van der Waals surface area contributed by atoms with E-state index in [2.05, 4.69) is 15.6 Å². The lowest BCUT2D eigenvalue weighted by Crippen LogP contribution is -2.39. The average molecular weight is 380 g/mol. The number of hydrogen-bond donors (Lipinski definition) is 2. The Morgan fingerprint density at radius 3 is 2.81 bits per heavy atom. The van der Waals surface area contributed by atoms with Crippen molar-refractivity contribution < 1.29 is 0 Å². The number of rotatable bonds is 4. The molecule has 3 aromatic heterocycles. The van der Waals surface area contributed by atoms with Crippen molar-refractivity contribution in [3.63, 3.8) is 0 Å². The molecule has 1 saturated heterocycles. The van der Waals surface area contributed by atoms with Crippen LogP contribution in [0.4, 0.5) is 5.82 Å². The normalized spacial score (nSPS) is 19.8. The Bertz CT molecular complexity index is 931. The molecule has 1 fully saturated rings. The quantitative estimate of drug-likeness (QED) is 0.712. The Balaban J connectivity index is 1.55. The lowest BCUT2D eigenvalue weighted by atomic mass is 9.97. The molecule has 1 aliphatic heterocycles. The minimum atomic E-state index is 0.530. The molecule has 5 nitrogen and oxygen atoms in total. The van der Waals surface area contributed by atoms with Gasteiger partial charge < -0.3 is 10.6 Å². The van der Waals surface area contributed by atoms with E-state index < -0.39 is 0 Å². The van der Waals surface area contributed by atoms with Crippen LogP contribution in [0, 0.1) is 0 Å². The number of thiophene rings is 1. The van der Waals surface area contributed by atoms with Crippen molar-refractivity contribution >= 4 is 27.4 Å². The van der Waals surface area contributed by atoms with Crippen LogP contribution in [0.2, 0.25) is 0 Å². The maximum Gasteiger partial charge on any atom is 0.163 e. The highest BCUT2D eigenvalue weighted by Crippen LogP contribution is 2.39. The molecule has 0 radical (unpaired) electrons. The Kier molecular flexibility index (Phi) is 4.76. The first-order valence-electron chi connectivity index (χ1n) is 10.1. The van der Waals surface area contributed by atoms with E-state index in [1.54, 1.807) is 12.4 Å². The third kappa shape index (κ3) is 3.44. The second-order valence-electron chi connectivity index (χ2n) is 7.55. The van der Waals surface area contributed by atoms with Crippen molar-refractivity contribution in [2.45, 2.75) is 51.0 Å². The monoisotopic (exact) mass is 379 g/mol. The number of pyridine rings is 1. The second kappa shape index (κ2) is 7.52. The van der Waals surface area contributed by atoms with Gasteiger partial charge in [0.2, 0.25) is 0 Å². The predicted molar refractivity (Wildman–Crippen MR) is 111 cm³/mol. The topological polar surface area (TPSA) is 62.7 Å². The van der Waals surface area contributed by atoms with Crippen LogP contribution in [-0.4, -0.2) is 34.1 Å². The molecule has 0 saturated carbocycles. The number of nitrogens with zero attached hydrogens (tertiary/aromatic N) is 3. The number of piperidine rings is 1. The Morgan fingerprint density at radius 1 is 1.07 bits per heavy atom. The molecule has 0 aromatic carbocycles. The molecule has 6 heteroatoms. The molecule has 0 amide bonds. The number of hydrogen-bond acceptors (Lipinski definition) is 6. The number of aryl methyl sites for hydroxylation is 2. The van der Waals surface area contributed by atoms with Crippen molar-refractivity contribution in [3.05, 3.63) is 35.0 Å². The zero-order valence-electron chi connectivity index (χ0n) is 15.5. The third-order valence-corrected chi connectivity index (χ3v) is 6.87. The zero-order chi connectivity index (χ0) is 18.1. The molecule has 3 aromatic rings. The van der Waals surface area contributed by atoms with Crippen LogP contribution >= 0.6 is 11.3 Å². The summed E-state index contributed by atoms with van der Waals surface area (Å²) in [5, 5.41) is 8.58. The molecule has 0 spiro atoms. The fraction of sp³-hybridized carbons (Fsp3) is 0.476. The van der Waals surface area contributed by atoms with Crippen LogP contribution in [0.15, 0.2) is 24.5 Å². The van der Waals surface area contributed by atoms with E-state index in [0.717, 1.165) is 41.5 Å². The first-order valence-corrected chi connectivity index (χ1v) is 10.9. The standard InChI is InChI=1S/C21H25N5S/c1-2-7-17-16(6-1)18-20(24-13-15-5-3-4-10-23-15)25-19(26-21(18)27-17)14-8-11-22-12-9-14/h8-9,11-12,15,23H,1-7,10,13H2,(H,24,25,26). The number of anilines is 1. The van der Waals surface area contributed by atoms with Crippen LogP contribution < -0.4 is 10.6 Å². The SMILES string of the molecule is c1cc(-c2nc(NCC3CCCCN3)c3c4c(sc3n2)CCCC4)ccn1. The summed E-state index contributed by atoms with van der Waals surface area (Å²) in [6.45, 7) is 2.05. The second-order valence-corrected chi connectivity index (χ2v) is 8.63. The van der Waals surface area contributed by atoms with Gasteiger partial charge in [0, 0.05) is 35.4 Å². The first kappa shape index (κ1) is 17.1. The van der Waals surface area contributed by atoms with Crippen molar-refractivity contribution in [1.29, 1.82) is 0 Å². The fourth-order valence-electron chi connectivity index (χ4n) is 4.23. The molecule has 5 rings (SSSR count). The van der Waals surface area contributed by atoms with Gasteiger partial charge in [-0.3, -0.25) is 4.98 Å². The maximum atomic E-state index is 4.96. The summed E-state index contributed by atoms with van der Waals surface area (Å²) in [6, 6.07) is 4.50. The number of nitrogens with one attached hydrogen (secondary N) is 2. The van der Waals surface area contributed by atoms with Gasteiger partial charge in [0.05, 0.1) is 5.39 Å². The highest BCUT2D eigenvalue weighted by Gasteiger charge is 2.22. The van der Waals surface area contributed by atoms with Crippen LogP contribution in [0.5, 0.6) is 0 Å². The van der Waals surface area contributed by atoms with Crippen LogP contribution in [0.3, 0.4) is 0 Å². The minimum Gasteiger partial charge on any atom is -0.368 e. The summed E-state index contributed by atoms with van der Waals surface area (Å²) in [5.74, 6) is 1.81. The third-order valence-electron chi connectivity index (χ3n) is 5.68. The first-order chi connectivity index (χ1) is 13.4. The Labute approximate surface area is 163 Å². The maximum absolute atomic E-state index is 4.96. The van der Waals surface area contributed by atoms with E-state index in [9.17, 15) is 0 Å². The van der Waals surface area contributed by atoms with E-state index in [1.807, 2.05) is 23.5 Å². The van der Waals surface area contributed by atoms with Gasteiger partial charge in [-0.25, -0.2) is 9.97 Å². The molecule has 0 bridgehead atoms. The summed E-state index contributed by atoms with van der Waals surface area (Å²) in [7, 11) is 0. The van der Waals surface area contributed by atoms with Crippen LogP contribution in [0.25, 0.3) is 21.6 Å². The summed E-state index contributed by atoms with van der Waals surface area (Å²) in [6.07, 6.45) is 12.4. The molecular weight excluding hydrogens is 354 g/mol. The van der Waals surface area contributed by atoms with Gasteiger partial charge in [-0.15, -0.1) is 11.3 Å². The molecule has 1 aliphatic carbocycles. The molecule has 1 atom stereocenters. The molecular formula is C21H25N5S. The van der Waals surface area contributed by atoms with Crippen molar-refractivity contribution in [2.75, 3.05) is 18.4 Å². The number of aromatic nitrogens is 3. The Hall–Kier alpha value is -2.05. The summed E-state index contributed by atoms with van der Waals surface area (Å²) >= 11 is 1.86. The van der Waals surface area contributed by atoms with E-state index in [1.165, 1.54) is 54.4 Å². The van der Waals surface area contributed by atoms with Gasteiger partial charge in [0.1, 0.15) is 10.6 Å². The molecule has 27 heavy (non-hydrogen) atoms. The van der Waals surface area contributed by atoms with Crippen molar-refractivity contribution in [3.8, 4) is 11.4 Å². The van der Waals surface area contributed by atoms with Gasteiger partial charge in [-0.05, 0) is 62.8 Å². The smallest absolute Gasteiger partial charge is 0.163 e. The summed E-state index contributed by atoms with van der Waals surface area (Å²) in [5.41, 5.74) is 2.51. The van der Waals surface area contributed by atoms with Gasteiger partial charge in [-0.2, -0.15) is 0 Å². The van der Waals surface area contributed by atoms with Crippen molar-refractivity contribution in [1.82, 2.24) is 20.3 Å².